The molecule has 3 nitrogen and oxygen atoms in total. The Morgan fingerprint density at radius 2 is 1.89 bits per heavy atom. The Kier molecular flexibility index (Phi) is 3.67. The van der Waals surface area contributed by atoms with Crippen LogP contribution in [0.4, 0.5) is 0 Å². The van der Waals surface area contributed by atoms with E-state index in [9.17, 15) is 4.79 Å². The summed E-state index contributed by atoms with van der Waals surface area (Å²) in [6.07, 6.45) is 0. The van der Waals surface area contributed by atoms with Crippen LogP contribution in [-0.2, 0) is 0 Å². The zero-order chi connectivity index (χ0) is 13.1. The maximum Gasteiger partial charge on any atom is 0.249 e. The molecule has 1 amide bonds. The second-order valence-electron chi connectivity index (χ2n) is 3.79. The zero-order valence-electron chi connectivity index (χ0n) is 9.81. The van der Waals surface area contributed by atoms with Gasteiger partial charge in [-0.3, -0.25) is 4.79 Å². The van der Waals surface area contributed by atoms with Crippen LogP contribution >= 0.6 is 15.9 Å². The summed E-state index contributed by atoms with van der Waals surface area (Å²) in [7, 11) is 1.63. The summed E-state index contributed by atoms with van der Waals surface area (Å²) in [5, 5.41) is 0. The molecule has 0 aliphatic heterocycles. The first-order valence-corrected chi connectivity index (χ1v) is 6.15. The Labute approximate surface area is 114 Å². The monoisotopic (exact) mass is 305 g/mol. The molecule has 0 aromatic heterocycles. The Morgan fingerprint density at radius 1 is 1.17 bits per heavy atom. The van der Waals surface area contributed by atoms with Crippen molar-refractivity contribution in [2.45, 2.75) is 0 Å². The fourth-order valence-corrected chi connectivity index (χ4v) is 2.27. The van der Waals surface area contributed by atoms with Gasteiger partial charge in [-0.15, -0.1) is 0 Å². The highest BCUT2D eigenvalue weighted by Crippen LogP contribution is 2.28. The smallest absolute Gasteiger partial charge is 0.249 e. The molecule has 0 radical (unpaired) electrons. The topological polar surface area (TPSA) is 52.3 Å². The molecule has 0 saturated heterocycles. The molecule has 2 rings (SSSR count). The van der Waals surface area contributed by atoms with Crippen LogP contribution in [-0.4, -0.2) is 13.0 Å². The van der Waals surface area contributed by atoms with Gasteiger partial charge in [0.25, 0.3) is 0 Å². The van der Waals surface area contributed by atoms with Crippen molar-refractivity contribution in [1.82, 2.24) is 0 Å². The summed E-state index contributed by atoms with van der Waals surface area (Å²) in [5.41, 5.74) is 7.74. The number of carbonyl (C=O) groups is 1. The van der Waals surface area contributed by atoms with Crippen molar-refractivity contribution in [1.29, 1.82) is 0 Å². The third-order valence-corrected chi connectivity index (χ3v) is 3.29. The first kappa shape index (κ1) is 12.6. The molecule has 2 aromatic rings. The molecule has 0 unspecified atom stereocenters. The number of benzene rings is 2. The molecule has 0 saturated carbocycles. The number of hydrogen-bond donors (Lipinski definition) is 1. The number of halogens is 1. The predicted molar refractivity (Wildman–Crippen MR) is 74.6 cm³/mol. The number of nitrogens with two attached hydrogens (primary N) is 1. The fourth-order valence-electron chi connectivity index (χ4n) is 1.70. The van der Waals surface area contributed by atoms with E-state index in [0.29, 0.717) is 10.0 Å². The van der Waals surface area contributed by atoms with Gasteiger partial charge in [0.15, 0.2) is 0 Å². The second-order valence-corrected chi connectivity index (χ2v) is 4.65. The fraction of sp³-hybridized carbons (Fsp3) is 0.0714. The summed E-state index contributed by atoms with van der Waals surface area (Å²) in [4.78, 5) is 11.1. The van der Waals surface area contributed by atoms with Crippen molar-refractivity contribution in [2.24, 2.45) is 5.73 Å². The van der Waals surface area contributed by atoms with E-state index in [2.05, 4.69) is 15.9 Å². The van der Waals surface area contributed by atoms with E-state index in [0.717, 1.165) is 16.9 Å². The number of amides is 1. The van der Waals surface area contributed by atoms with Crippen LogP contribution in [0.15, 0.2) is 46.9 Å². The average molecular weight is 306 g/mol. The van der Waals surface area contributed by atoms with E-state index >= 15 is 0 Å². The Morgan fingerprint density at radius 3 is 2.50 bits per heavy atom. The van der Waals surface area contributed by atoms with Crippen LogP contribution in [0.25, 0.3) is 11.1 Å². The highest BCUT2D eigenvalue weighted by molar-refractivity contribution is 9.10. The van der Waals surface area contributed by atoms with Gasteiger partial charge in [-0.05, 0) is 51.3 Å². The van der Waals surface area contributed by atoms with Crippen LogP contribution in [0.5, 0.6) is 5.75 Å². The molecule has 4 heteroatoms. The lowest BCUT2D eigenvalue weighted by Gasteiger charge is -2.07. The van der Waals surface area contributed by atoms with E-state index < -0.39 is 5.91 Å². The Balaban J connectivity index is 2.45. The largest absolute Gasteiger partial charge is 0.497 e. The maximum atomic E-state index is 11.1. The van der Waals surface area contributed by atoms with Crippen molar-refractivity contribution in [2.75, 3.05) is 7.11 Å². The van der Waals surface area contributed by atoms with E-state index in [1.54, 1.807) is 13.2 Å². The summed E-state index contributed by atoms with van der Waals surface area (Å²) < 4.78 is 5.87. The van der Waals surface area contributed by atoms with E-state index in [-0.39, 0.29) is 0 Å². The number of hydrogen-bond acceptors (Lipinski definition) is 2. The number of methoxy groups -OCH3 is 1. The highest BCUT2D eigenvalue weighted by atomic mass is 79.9. The second kappa shape index (κ2) is 5.23. The highest BCUT2D eigenvalue weighted by Gasteiger charge is 2.08. The van der Waals surface area contributed by atoms with Gasteiger partial charge in [0.2, 0.25) is 5.91 Å². The molecule has 92 valence electrons. The maximum absolute atomic E-state index is 11.1. The lowest BCUT2D eigenvalue weighted by molar-refractivity contribution is 0.0999. The molecule has 0 atom stereocenters. The first-order chi connectivity index (χ1) is 8.61. The Hall–Kier alpha value is -1.81. The van der Waals surface area contributed by atoms with Crippen molar-refractivity contribution in [3.63, 3.8) is 0 Å². The minimum Gasteiger partial charge on any atom is -0.497 e. The number of primary amides is 1. The summed E-state index contributed by atoms with van der Waals surface area (Å²) in [6, 6.07) is 13.2. The van der Waals surface area contributed by atoms with Gasteiger partial charge in [0.1, 0.15) is 5.75 Å². The van der Waals surface area contributed by atoms with E-state index in [1.807, 2.05) is 36.4 Å². The lowest BCUT2D eigenvalue weighted by Crippen LogP contribution is -2.11. The van der Waals surface area contributed by atoms with Crippen LogP contribution in [0.1, 0.15) is 10.4 Å². The van der Waals surface area contributed by atoms with Gasteiger partial charge in [-0.25, -0.2) is 0 Å². The van der Waals surface area contributed by atoms with Crippen molar-refractivity contribution >= 4 is 21.8 Å². The van der Waals surface area contributed by atoms with E-state index in [1.165, 1.54) is 0 Å². The summed E-state index contributed by atoms with van der Waals surface area (Å²) >= 11 is 3.35. The van der Waals surface area contributed by atoms with Crippen LogP contribution in [0, 0.1) is 0 Å². The van der Waals surface area contributed by atoms with Crippen LogP contribution in [0.3, 0.4) is 0 Å². The van der Waals surface area contributed by atoms with Gasteiger partial charge in [-0.1, -0.05) is 18.2 Å². The molecule has 0 aliphatic carbocycles. The van der Waals surface area contributed by atoms with Crippen molar-refractivity contribution in [3.05, 3.63) is 52.5 Å². The number of rotatable bonds is 3. The molecule has 0 fully saturated rings. The van der Waals surface area contributed by atoms with Gasteiger partial charge in [-0.2, -0.15) is 0 Å². The van der Waals surface area contributed by atoms with Gasteiger partial charge >= 0.3 is 0 Å². The summed E-state index contributed by atoms with van der Waals surface area (Å²) in [5.74, 6) is 0.349. The molecule has 18 heavy (non-hydrogen) atoms. The minimum atomic E-state index is -0.445. The van der Waals surface area contributed by atoms with Gasteiger partial charge in [0, 0.05) is 4.47 Å². The number of ether oxygens (including phenoxy) is 1. The molecular weight excluding hydrogens is 294 g/mol. The molecule has 2 aromatic carbocycles. The zero-order valence-corrected chi connectivity index (χ0v) is 11.4. The standard InChI is InChI=1S/C14H12BrNO2/c1-18-11-4-2-3-9(7-11)10-5-6-12(14(16)17)13(15)8-10/h2-8H,1H3,(H2,16,17). The average Bonchev–Trinajstić information content (AvgIpc) is 2.38. The first-order valence-electron chi connectivity index (χ1n) is 5.35. The third kappa shape index (κ3) is 2.54. The third-order valence-electron chi connectivity index (χ3n) is 2.64. The molecular formula is C14H12BrNO2. The van der Waals surface area contributed by atoms with Gasteiger partial charge in [0.05, 0.1) is 12.7 Å². The quantitative estimate of drug-likeness (QED) is 0.946. The molecule has 0 spiro atoms. The predicted octanol–water partition coefficient (Wildman–Crippen LogP) is 3.22. The van der Waals surface area contributed by atoms with Gasteiger partial charge < -0.3 is 10.5 Å². The molecule has 0 aliphatic rings. The number of carbonyl (C=O) groups excluding carboxylic acids is 1. The van der Waals surface area contributed by atoms with Crippen LogP contribution in [0.2, 0.25) is 0 Å². The molecule has 2 N–H and O–H groups in total. The minimum absolute atomic E-state index is 0.445. The van der Waals surface area contributed by atoms with E-state index in [4.69, 9.17) is 10.5 Å². The molecule has 0 bridgehead atoms. The SMILES string of the molecule is COc1cccc(-c2ccc(C(N)=O)c(Br)c2)c1. The Bertz CT molecular complexity index is 596. The molecule has 0 heterocycles. The van der Waals surface area contributed by atoms with Crippen LogP contribution < -0.4 is 10.5 Å². The van der Waals surface area contributed by atoms with Crippen molar-refractivity contribution in [3.8, 4) is 16.9 Å². The summed E-state index contributed by atoms with van der Waals surface area (Å²) in [6.45, 7) is 0. The normalized spacial score (nSPS) is 10.1. The lowest BCUT2D eigenvalue weighted by atomic mass is 10.0. The van der Waals surface area contributed by atoms with Crippen molar-refractivity contribution < 1.29 is 9.53 Å².